The van der Waals surface area contributed by atoms with Crippen molar-refractivity contribution in [3.63, 3.8) is 0 Å². The predicted octanol–water partition coefficient (Wildman–Crippen LogP) is 6.14. The van der Waals surface area contributed by atoms with Crippen molar-refractivity contribution < 1.29 is 19.1 Å². The molecule has 0 fully saturated rings. The molecular formula is C24H38O4. The summed E-state index contributed by atoms with van der Waals surface area (Å²) in [6, 6.07) is 7.57. The average Bonchev–Trinajstić information content (AvgIpc) is 2.55. The van der Waals surface area contributed by atoms with Gasteiger partial charge in [-0.25, -0.2) is 9.59 Å². The quantitative estimate of drug-likeness (QED) is 0.525. The van der Waals surface area contributed by atoms with Crippen LogP contribution in [0, 0.1) is 10.8 Å². The molecule has 0 aliphatic heterocycles. The minimum Gasteiger partial charge on any atom is -0.457 e. The van der Waals surface area contributed by atoms with Crippen molar-refractivity contribution in [2.24, 2.45) is 10.8 Å². The molecule has 28 heavy (non-hydrogen) atoms. The smallest absolute Gasteiger partial charge is 0.344 e. The number of esters is 2. The van der Waals surface area contributed by atoms with Gasteiger partial charge in [0.1, 0.15) is 5.60 Å². The molecule has 1 atom stereocenters. The topological polar surface area (TPSA) is 52.6 Å². The van der Waals surface area contributed by atoms with Crippen LogP contribution >= 0.6 is 0 Å². The van der Waals surface area contributed by atoms with Gasteiger partial charge in [0.2, 0.25) is 0 Å². The van der Waals surface area contributed by atoms with E-state index < -0.39 is 17.5 Å². The van der Waals surface area contributed by atoms with Crippen molar-refractivity contribution in [1.29, 1.82) is 0 Å². The first-order valence-corrected chi connectivity index (χ1v) is 10.1. The van der Waals surface area contributed by atoms with E-state index in [1.54, 1.807) is 6.07 Å². The Kier molecular flexibility index (Phi) is 7.87. The summed E-state index contributed by atoms with van der Waals surface area (Å²) in [5.41, 5.74) is 1.25. The fourth-order valence-electron chi connectivity index (χ4n) is 3.04. The number of rotatable bonds is 7. The standard InChI is InChI=1S/C24H38O4/c1-10-24(8,9)28-20(25)16-27-21(26)18-13-11-12-17(14-18)19(23(5,6)7)15-22(2,3)4/h11-14,19H,10,15-16H2,1-9H3. The van der Waals surface area contributed by atoms with Crippen LogP contribution in [0.2, 0.25) is 0 Å². The molecule has 4 nitrogen and oxygen atoms in total. The Morgan fingerprint density at radius 2 is 1.61 bits per heavy atom. The van der Waals surface area contributed by atoms with Crippen molar-refractivity contribution in [3.8, 4) is 0 Å². The Bertz CT molecular complexity index is 675. The second-order valence-corrected chi connectivity index (χ2v) is 10.5. The third kappa shape index (κ3) is 8.04. The molecule has 0 aliphatic rings. The van der Waals surface area contributed by atoms with Crippen LogP contribution in [-0.2, 0) is 14.3 Å². The van der Waals surface area contributed by atoms with Gasteiger partial charge in [-0.3, -0.25) is 0 Å². The van der Waals surface area contributed by atoms with Gasteiger partial charge in [-0.1, -0.05) is 60.6 Å². The first-order chi connectivity index (χ1) is 12.6. The van der Waals surface area contributed by atoms with Gasteiger partial charge in [0.15, 0.2) is 6.61 Å². The highest BCUT2D eigenvalue weighted by Gasteiger charge is 2.31. The van der Waals surface area contributed by atoms with Crippen LogP contribution in [0.15, 0.2) is 24.3 Å². The van der Waals surface area contributed by atoms with Crippen LogP contribution in [0.1, 0.15) is 97.0 Å². The van der Waals surface area contributed by atoms with Gasteiger partial charge in [-0.15, -0.1) is 0 Å². The normalized spacial score (nSPS) is 13.8. The average molecular weight is 391 g/mol. The summed E-state index contributed by atoms with van der Waals surface area (Å²) in [5, 5.41) is 0. The molecule has 1 aromatic rings. The van der Waals surface area contributed by atoms with Gasteiger partial charge >= 0.3 is 11.9 Å². The molecule has 0 amide bonds. The molecule has 0 aromatic heterocycles. The fourth-order valence-corrected chi connectivity index (χ4v) is 3.04. The van der Waals surface area contributed by atoms with Crippen LogP contribution in [-0.4, -0.2) is 24.1 Å². The second-order valence-electron chi connectivity index (χ2n) is 10.5. The van der Waals surface area contributed by atoms with Gasteiger partial charge in [0.25, 0.3) is 0 Å². The van der Waals surface area contributed by atoms with E-state index in [9.17, 15) is 9.59 Å². The fraction of sp³-hybridized carbons (Fsp3) is 0.667. The van der Waals surface area contributed by atoms with Crippen molar-refractivity contribution >= 4 is 11.9 Å². The van der Waals surface area contributed by atoms with E-state index in [0.717, 1.165) is 12.0 Å². The highest BCUT2D eigenvalue weighted by molar-refractivity contribution is 5.91. The first-order valence-electron chi connectivity index (χ1n) is 10.1. The maximum absolute atomic E-state index is 12.5. The van der Waals surface area contributed by atoms with Crippen molar-refractivity contribution in [3.05, 3.63) is 35.4 Å². The highest BCUT2D eigenvalue weighted by atomic mass is 16.6. The summed E-state index contributed by atoms with van der Waals surface area (Å²) in [6.07, 6.45) is 1.70. The van der Waals surface area contributed by atoms with E-state index in [2.05, 4.69) is 47.6 Å². The van der Waals surface area contributed by atoms with Gasteiger partial charge in [-0.05, 0) is 61.1 Å². The summed E-state index contributed by atoms with van der Waals surface area (Å²) < 4.78 is 10.5. The molecule has 1 rings (SSSR count). The lowest BCUT2D eigenvalue weighted by molar-refractivity contribution is -0.160. The summed E-state index contributed by atoms with van der Waals surface area (Å²) in [6.45, 7) is 18.6. The molecule has 1 aromatic carbocycles. The Balaban J connectivity index is 2.91. The van der Waals surface area contributed by atoms with Crippen molar-refractivity contribution in [2.45, 2.75) is 86.7 Å². The summed E-state index contributed by atoms with van der Waals surface area (Å²) in [4.78, 5) is 24.4. The zero-order chi connectivity index (χ0) is 21.8. The zero-order valence-corrected chi connectivity index (χ0v) is 19.1. The number of carbonyl (C=O) groups excluding carboxylic acids is 2. The summed E-state index contributed by atoms with van der Waals surface area (Å²) in [5.74, 6) is -0.733. The SMILES string of the molecule is CCC(C)(C)OC(=O)COC(=O)c1cccc(C(CC(C)(C)C)C(C)(C)C)c1. The first kappa shape index (κ1) is 24.2. The van der Waals surface area contributed by atoms with Crippen molar-refractivity contribution in [2.75, 3.05) is 6.61 Å². The Hall–Kier alpha value is -1.84. The summed E-state index contributed by atoms with van der Waals surface area (Å²) >= 11 is 0. The third-order valence-electron chi connectivity index (χ3n) is 4.95. The maximum atomic E-state index is 12.5. The van der Waals surface area contributed by atoms with Gasteiger partial charge in [0.05, 0.1) is 5.56 Å². The van der Waals surface area contributed by atoms with Crippen LogP contribution in [0.5, 0.6) is 0 Å². The second kappa shape index (κ2) is 9.11. The van der Waals surface area contributed by atoms with Crippen LogP contribution in [0.25, 0.3) is 0 Å². The lowest BCUT2D eigenvalue weighted by Crippen LogP contribution is -2.29. The van der Waals surface area contributed by atoms with E-state index >= 15 is 0 Å². The third-order valence-corrected chi connectivity index (χ3v) is 4.95. The monoisotopic (exact) mass is 390 g/mol. The lowest BCUT2D eigenvalue weighted by Gasteiger charge is -2.36. The molecular weight excluding hydrogens is 352 g/mol. The molecule has 158 valence electrons. The van der Waals surface area contributed by atoms with E-state index in [0.29, 0.717) is 17.9 Å². The van der Waals surface area contributed by atoms with Crippen LogP contribution in [0.3, 0.4) is 0 Å². The molecule has 4 heteroatoms. The number of hydrogen-bond acceptors (Lipinski definition) is 4. The lowest BCUT2D eigenvalue weighted by atomic mass is 9.69. The van der Waals surface area contributed by atoms with Crippen LogP contribution < -0.4 is 0 Å². The number of ether oxygens (including phenoxy) is 2. The molecule has 0 radical (unpaired) electrons. The molecule has 0 saturated carbocycles. The van der Waals surface area contributed by atoms with E-state index in [4.69, 9.17) is 9.47 Å². The molecule has 0 spiro atoms. The summed E-state index contributed by atoms with van der Waals surface area (Å²) in [7, 11) is 0. The van der Waals surface area contributed by atoms with Crippen LogP contribution in [0.4, 0.5) is 0 Å². The number of benzene rings is 1. The molecule has 1 unspecified atom stereocenters. The zero-order valence-electron chi connectivity index (χ0n) is 19.1. The molecule has 0 N–H and O–H groups in total. The van der Waals surface area contributed by atoms with E-state index in [1.807, 2.05) is 32.9 Å². The Morgan fingerprint density at radius 1 is 1.00 bits per heavy atom. The Labute approximate surface area is 171 Å². The molecule has 0 heterocycles. The minimum atomic E-state index is -0.559. The minimum absolute atomic E-state index is 0.0609. The van der Waals surface area contributed by atoms with Gasteiger partial charge < -0.3 is 9.47 Å². The van der Waals surface area contributed by atoms with Crippen molar-refractivity contribution in [1.82, 2.24) is 0 Å². The maximum Gasteiger partial charge on any atom is 0.344 e. The Morgan fingerprint density at radius 3 is 2.11 bits per heavy atom. The van der Waals surface area contributed by atoms with Gasteiger partial charge in [0, 0.05) is 0 Å². The number of carbonyl (C=O) groups is 2. The van der Waals surface area contributed by atoms with E-state index in [-0.39, 0.29) is 17.4 Å². The molecule has 0 bridgehead atoms. The predicted molar refractivity (Wildman–Crippen MR) is 113 cm³/mol. The van der Waals surface area contributed by atoms with E-state index in [1.165, 1.54) is 0 Å². The number of hydrogen-bond donors (Lipinski definition) is 0. The molecule has 0 saturated heterocycles. The highest BCUT2D eigenvalue weighted by Crippen LogP contribution is 2.43. The van der Waals surface area contributed by atoms with Gasteiger partial charge in [-0.2, -0.15) is 0 Å². The largest absolute Gasteiger partial charge is 0.457 e. The molecule has 0 aliphatic carbocycles.